The predicted molar refractivity (Wildman–Crippen MR) is 84.6 cm³/mol. The van der Waals surface area contributed by atoms with Gasteiger partial charge in [0.05, 0.1) is 5.69 Å². The molecule has 0 aliphatic carbocycles. The Morgan fingerprint density at radius 2 is 2.13 bits per heavy atom. The first-order valence-corrected chi connectivity index (χ1v) is 7.59. The summed E-state index contributed by atoms with van der Waals surface area (Å²) in [4.78, 5) is 25.8. The molecule has 1 saturated heterocycles. The zero-order valence-electron chi connectivity index (χ0n) is 13.2. The molecule has 23 heavy (non-hydrogen) atoms. The lowest BCUT2D eigenvalue weighted by atomic mass is 9.98. The van der Waals surface area contributed by atoms with E-state index < -0.39 is 11.5 Å². The lowest BCUT2D eigenvalue weighted by Gasteiger charge is -2.31. The summed E-state index contributed by atoms with van der Waals surface area (Å²) in [6, 6.07) is 7.19. The smallest absolute Gasteiger partial charge is 0.329 e. The highest BCUT2D eigenvalue weighted by molar-refractivity contribution is 5.98. The van der Waals surface area contributed by atoms with Gasteiger partial charge in [-0.25, -0.2) is 9.48 Å². The fraction of sp³-hybridized carbons (Fsp3) is 0.353. The standard InChI is InChI=1S/C17H19N3O3/c1-12-11-13(5-6-14(12)20-10-4-8-18-20)15(21)19-9-3-7-17(19,2)16(22)23/h4-6,8,10-11H,3,7,9H2,1-2H3,(H,22,23). The normalized spacial score (nSPS) is 20.7. The van der Waals surface area contributed by atoms with E-state index in [0.717, 1.165) is 11.3 Å². The van der Waals surface area contributed by atoms with Crippen LogP contribution in [0.2, 0.25) is 0 Å². The van der Waals surface area contributed by atoms with E-state index in [9.17, 15) is 14.7 Å². The minimum Gasteiger partial charge on any atom is -0.480 e. The summed E-state index contributed by atoms with van der Waals surface area (Å²) >= 11 is 0. The molecule has 6 nitrogen and oxygen atoms in total. The number of benzene rings is 1. The van der Waals surface area contributed by atoms with Gasteiger partial charge in [-0.15, -0.1) is 0 Å². The molecule has 0 saturated carbocycles. The van der Waals surface area contributed by atoms with Crippen LogP contribution in [-0.2, 0) is 4.79 Å². The van der Waals surface area contributed by atoms with Gasteiger partial charge in [0.25, 0.3) is 5.91 Å². The summed E-state index contributed by atoms with van der Waals surface area (Å²) in [6.07, 6.45) is 4.73. The first-order valence-electron chi connectivity index (χ1n) is 7.59. The van der Waals surface area contributed by atoms with Crippen molar-refractivity contribution >= 4 is 11.9 Å². The highest BCUT2D eigenvalue weighted by Gasteiger charge is 2.46. The highest BCUT2D eigenvalue weighted by atomic mass is 16.4. The van der Waals surface area contributed by atoms with E-state index in [4.69, 9.17) is 0 Å². The number of aliphatic carboxylic acids is 1. The second-order valence-electron chi connectivity index (χ2n) is 6.09. The minimum atomic E-state index is -1.12. The number of hydrogen-bond donors (Lipinski definition) is 1. The van der Waals surface area contributed by atoms with Crippen LogP contribution in [0.25, 0.3) is 5.69 Å². The molecular weight excluding hydrogens is 294 g/mol. The van der Waals surface area contributed by atoms with Gasteiger partial charge in [-0.1, -0.05) is 0 Å². The number of hydrogen-bond acceptors (Lipinski definition) is 3. The zero-order chi connectivity index (χ0) is 16.6. The zero-order valence-corrected chi connectivity index (χ0v) is 13.2. The number of carbonyl (C=O) groups is 2. The summed E-state index contributed by atoms with van der Waals surface area (Å²) in [5.74, 6) is -1.18. The van der Waals surface area contributed by atoms with Gasteiger partial charge in [-0.2, -0.15) is 5.10 Å². The molecule has 0 radical (unpaired) electrons. The minimum absolute atomic E-state index is 0.234. The summed E-state index contributed by atoms with van der Waals surface area (Å²) in [6.45, 7) is 4.00. The van der Waals surface area contributed by atoms with Crippen LogP contribution in [0.1, 0.15) is 35.7 Å². The van der Waals surface area contributed by atoms with Crippen LogP contribution in [0.4, 0.5) is 0 Å². The largest absolute Gasteiger partial charge is 0.480 e. The number of nitrogens with zero attached hydrogens (tertiary/aromatic N) is 3. The van der Waals surface area contributed by atoms with Gasteiger partial charge in [0.1, 0.15) is 5.54 Å². The molecule has 1 N–H and O–H groups in total. The van der Waals surface area contributed by atoms with Gasteiger partial charge in [0.15, 0.2) is 0 Å². The van der Waals surface area contributed by atoms with E-state index in [0.29, 0.717) is 24.9 Å². The number of likely N-dealkylation sites (tertiary alicyclic amines) is 1. The van der Waals surface area contributed by atoms with Crippen molar-refractivity contribution in [2.45, 2.75) is 32.2 Å². The van der Waals surface area contributed by atoms with Crippen molar-refractivity contribution in [2.75, 3.05) is 6.54 Å². The third-order valence-corrected chi connectivity index (χ3v) is 4.54. The average Bonchev–Trinajstić information content (AvgIpc) is 3.16. The second-order valence-corrected chi connectivity index (χ2v) is 6.09. The van der Waals surface area contributed by atoms with Gasteiger partial charge in [0, 0.05) is 24.5 Å². The van der Waals surface area contributed by atoms with E-state index in [1.165, 1.54) is 4.90 Å². The number of amides is 1. The molecule has 0 spiro atoms. The van der Waals surface area contributed by atoms with Crippen LogP contribution in [0.15, 0.2) is 36.7 Å². The van der Waals surface area contributed by atoms with Gasteiger partial charge < -0.3 is 10.0 Å². The molecule has 1 aromatic carbocycles. The molecule has 2 aromatic rings. The Bertz CT molecular complexity index is 754. The lowest BCUT2D eigenvalue weighted by molar-refractivity contribution is -0.147. The molecule has 120 valence electrons. The molecule has 1 amide bonds. The topological polar surface area (TPSA) is 75.4 Å². The maximum Gasteiger partial charge on any atom is 0.329 e. The van der Waals surface area contributed by atoms with Crippen molar-refractivity contribution in [3.05, 3.63) is 47.8 Å². The maximum absolute atomic E-state index is 12.8. The van der Waals surface area contributed by atoms with Gasteiger partial charge >= 0.3 is 5.97 Å². The van der Waals surface area contributed by atoms with Crippen molar-refractivity contribution in [1.82, 2.24) is 14.7 Å². The Morgan fingerprint density at radius 1 is 1.35 bits per heavy atom. The van der Waals surface area contributed by atoms with Crippen molar-refractivity contribution in [3.8, 4) is 5.69 Å². The molecule has 1 aliphatic rings. The molecule has 6 heteroatoms. The number of carboxylic acids is 1. The number of carboxylic acid groups (broad SMARTS) is 1. The summed E-state index contributed by atoms with van der Waals surface area (Å²) in [5, 5.41) is 13.6. The number of rotatable bonds is 3. The first kappa shape index (κ1) is 15.3. The Kier molecular flexibility index (Phi) is 3.67. The third kappa shape index (κ3) is 2.50. The van der Waals surface area contributed by atoms with E-state index in [1.54, 1.807) is 29.9 Å². The van der Waals surface area contributed by atoms with Crippen molar-refractivity contribution in [1.29, 1.82) is 0 Å². The van der Waals surface area contributed by atoms with Gasteiger partial charge in [-0.05, 0) is 56.5 Å². The summed E-state index contributed by atoms with van der Waals surface area (Å²) < 4.78 is 1.74. The first-order chi connectivity index (χ1) is 10.9. The van der Waals surface area contributed by atoms with Crippen molar-refractivity contribution in [3.63, 3.8) is 0 Å². The molecule has 1 aliphatic heterocycles. The van der Waals surface area contributed by atoms with E-state index in [1.807, 2.05) is 25.3 Å². The van der Waals surface area contributed by atoms with Crippen molar-refractivity contribution < 1.29 is 14.7 Å². The van der Waals surface area contributed by atoms with E-state index >= 15 is 0 Å². The molecule has 2 heterocycles. The summed E-state index contributed by atoms with van der Waals surface area (Å²) in [7, 11) is 0. The number of aryl methyl sites for hydroxylation is 1. The number of carbonyl (C=O) groups excluding carboxylic acids is 1. The van der Waals surface area contributed by atoms with Crippen LogP contribution in [0.3, 0.4) is 0 Å². The van der Waals surface area contributed by atoms with E-state index in [-0.39, 0.29) is 5.91 Å². The SMILES string of the molecule is Cc1cc(C(=O)N2CCCC2(C)C(=O)O)ccc1-n1cccn1. The van der Waals surface area contributed by atoms with Crippen molar-refractivity contribution in [2.24, 2.45) is 0 Å². The van der Waals surface area contributed by atoms with Gasteiger partial charge in [0.2, 0.25) is 0 Å². The molecule has 0 bridgehead atoms. The Hall–Kier alpha value is -2.63. The maximum atomic E-state index is 12.8. The fourth-order valence-electron chi connectivity index (χ4n) is 3.12. The lowest BCUT2D eigenvalue weighted by Crippen LogP contribution is -2.50. The van der Waals surface area contributed by atoms with Crippen LogP contribution in [-0.4, -0.2) is 43.7 Å². The second kappa shape index (κ2) is 5.53. The molecule has 1 unspecified atom stereocenters. The van der Waals surface area contributed by atoms with Crippen LogP contribution >= 0.6 is 0 Å². The average molecular weight is 313 g/mol. The number of aromatic nitrogens is 2. The third-order valence-electron chi connectivity index (χ3n) is 4.54. The van der Waals surface area contributed by atoms with Crippen LogP contribution in [0.5, 0.6) is 0 Å². The molecular formula is C17H19N3O3. The quantitative estimate of drug-likeness (QED) is 0.943. The summed E-state index contributed by atoms with van der Waals surface area (Å²) in [5.41, 5.74) is 1.20. The molecule has 1 aromatic heterocycles. The molecule has 1 fully saturated rings. The monoisotopic (exact) mass is 313 g/mol. The Morgan fingerprint density at radius 3 is 2.74 bits per heavy atom. The fourth-order valence-corrected chi connectivity index (χ4v) is 3.12. The Labute approximate surface area is 134 Å². The van der Waals surface area contributed by atoms with E-state index in [2.05, 4.69) is 5.10 Å². The molecule has 1 atom stereocenters. The highest BCUT2D eigenvalue weighted by Crippen LogP contribution is 2.31. The Balaban J connectivity index is 1.92. The predicted octanol–water partition coefficient (Wildman–Crippen LogP) is 2.26. The molecule has 3 rings (SSSR count). The van der Waals surface area contributed by atoms with Crippen LogP contribution in [0, 0.1) is 6.92 Å². The van der Waals surface area contributed by atoms with Gasteiger partial charge in [-0.3, -0.25) is 4.79 Å². The van der Waals surface area contributed by atoms with Crippen LogP contribution < -0.4 is 0 Å².